The zero-order valence-electron chi connectivity index (χ0n) is 10.2. The first-order valence-electron chi connectivity index (χ1n) is 6.30. The van der Waals surface area contributed by atoms with Crippen LogP contribution in [0.5, 0.6) is 0 Å². The molecule has 1 aliphatic rings. The molecule has 2 unspecified atom stereocenters. The third-order valence-electron chi connectivity index (χ3n) is 3.14. The van der Waals surface area contributed by atoms with Gasteiger partial charge >= 0.3 is 0 Å². The molecule has 0 aromatic rings. The van der Waals surface area contributed by atoms with Gasteiger partial charge in [0, 0.05) is 19.6 Å². The molecule has 94 valence electrons. The van der Waals surface area contributed by atoms with Gasteiger partial charge < -0.3 is 15.7 Å². The van der Waals surface area contributed by atoms with Gasteiger partial charge in [0.15, 0.2) is 0 Å². The normalized spacial score (nSPS) is 22.8. The minimum atomic E-state index is 0.117. The van der Waals surface area contributed by atoms with Crippen molar-refractivity contribution in [1.82, 2.24) is 10.6 Å². The first-order valence-corrected chi connectivity index (χ1v) is 6.30. The Labute approximate surface area is 97.8 Å². The number of hydrogen-bond acceptors (Lipinski definition) is 3. The van der Waals surface area contributed by atoms with Crippen LogP contribution in [-0.2, 0) is 4.79 Å². The standard InChI is InChI=1S/C12H24N2O2/c1-10(9-15)7-14-12(16)5-4-11-3-2-6-13-8-11/h10-11,13,15H,2-9H2,1H3,(H,14,16). The summed E-state index contributed by atoms with van der Waals surface area (Å²) in [6.07, 6.45) is 4.07. The number of piperidine rings is 1. The molecule has 0 saturated carbocycles. The lowest BCUT2D eigenvalue weighted by Crippen LogP contribution is -2.32. The van der Waals surface area contributed by atoms with Crippen LogP contribution in [0.25, 0.3) is 0 Å². The molecule has 1 fully saturated rings. The number of aliphatic hydroxyl groups is 1. The van der Waals surface area contributed by atoms with Gasteiger partial charge in [0.2, 0.25) is 5.91 Å². The van der Waals surface area contributed by atoms with Crippen LogP contribution in [0.3, 0.4) is 0 Å². The van der Waals surface area contributed by atoms with Crippen molar-refractivity contribution in [3.8, 4) is 0 Å². The average Bonchev–Trinajstić information content (AvgIpc) is 2.34. The van der Waals surface area contributed by atoms with Crippen LogP contribution >= 0.6 is 0 Å². The molecule has 2 atom stereocenters. The molecule has 1 rings (SSSR count). The van der Waals surface area contributed by atoms with E-state index in [-0.39, 0.29) is 18.4 Å². The van der Waals surface area contributed by atoms with Crippen LogP contribution in [0.15, 0.2) is 0 Å². The third kappa shape index (κ3) is 5.47. The second-order valence-electron chi connectivity index (χ2n) is 4.84. The van der Waals surface area contributed by atoms with Crippen molar-refractivity contribution in [2.24, 2.45) is 11.8 Å². The maximum atomic E-state index is 11.5. The van der Waals surface area contributed by atoms with Gasteiger partial charge in [-0.1, -0.05) is 6.92 Å². The second kappa shape index (κ2) is 7.63. The molecule has 1 saturated heterocycles. The molecule has 1 amide bonds. The first-order chi connectivity index (χ1) is 7.72. The summed E-state index contributed by atoms with van der Waals surface area (Å²) in [4.78, 5) is 11.5. The topological polar surface area (TPSA) is 61.4 Å². The van der Waals surface area contributed by atoms with Crippen molar-refractivity contribution in [1.29, 1.82) is 0 Å². The lowest BCUT2D eigenvalue weighted by atomic mass is 9.94. The van der Waals surface area contributed by atoms with Gasteiger partial charge in [-0.05, 0) is 44.2 Å². The monoisotopic (exact) mass is 228 g/mol. The maximum Gasteiger partial charge on any atom is 0.220 e. The van der Waals surface area contributed by atoms with E-state index in [9.17, 15) is 4.79 Å². The van der Waals surface area contributed by atoms with Crippen LogP contribution in [-0.4, -0.2) is 37.3 Å². The highest BCUT2D eigenvalue weighted by Gasteiger charge is 2.14. The Balaban J connectivity index is 2.05. The summed E-state index contributed by atoms with van der Waals surface area (Å²) >= 11 is 0. The largest absolute Gasteiger partial charge is 0.396 e. The van der Waals surface area contributed by atoms with E-state index in [1.165, 1.54) is 12.8 Å². The van der Waals surface area contributed by atoms with E-state index in [0.717, 1.165) is 19.5 Å². The number of rotatable bonds is 6. The van der Waals surface area contributed by atoms with Crippen molar-refractivity contribution in [2.45, 2.75) is 32.6 Å². The van der Waals surface area contributed by atoms with E-state index in [4.69, 9.17) is 5.11 Å². The molecule has 4 heteroatoms. The Kier molecular flexibility index (Phi) is 6.42. The zero-order chi connectivity index (χ0) is 11.8. The quantitative estimate of drug-likeness (QED) is 0.621. The third-order valence-corrected chi connectivity index (χ3v) is 3.14. The zero-order valence-corrected chi connectivity index (χ0v) is 10.2. The van der Waals surface area contributed by atoms with Gasteiger partial charge in [0.05, 0.1) is 0 Å². The highest BCUT2D eigenvalue weighted by atomic mass is 16.3. The second-order valence-corrected chi connectivity index (χ2v) is 4.84. The number of carbonyl (C=O) groups excluding carboxylic acids is 1. The molecule has 3 N–H and O–H groups in total. The highest BCUT2D eigenvalue weighted by molar-refractivity contribution is 5.75. The predicted octanol–water partition coefficient (Wildman–Crippen LogP) is 0.511. The summed E-state index contributed by atoms with van der Waals surface area (Å²) in [5.74, 6) is 0.931. The summed E-state index contributed by atoms with van der Waals surface area (Å²) in [5.41, 5.74) is 0. The van der Waals surface area contributed by atoms with Gasteiger partial charge in [0.25, 0.3) is 0 Å². The van der Waals surface area contributed by atoms with Crippen LogP contribution in [0.2, 0.25) is 0 Å². The average molecular weight is 228 g/mol. The number of carbonyl (C=O) groups is 1. The number of amides is 1. The van der Waals surface area contributed by atoms with E-state index in [2.05, 4.69) is 10.6 Å². The smallest absolute Gasteiger partial charge is 0.220 e. The Hall–Kier alpha value is -0.610. The van der Waals surface area contributed by atoms with Gasteiger partial charge in [-0.25, -0.2) is 0 Å². The molecule has 0 bridgehead atoms. The van der Waals surface area contributed by atoms with E-state index in [1.54, 1.807) is 0 Å². The Bertz CT molecular complexity index is 203. The summed E-state index contributed by atoms with van der Waals surface area (Å²) in [6.45, 7) is 4.81. The lowest BCUT2D eigenvalue weighted by Gasteiger charge is -2.22. The molecule has 4 nitrogen and oxygen atoms in total. The molecular weight excluding hydrogens is 204 g/mol. The molecule has 16 heavy (non-hydrogen) atoms. The molecule has 0 aromatic carbocycles. The fourth-order valence-electron chi connectivity index (χ4n) is 1.95. The summed E-state index contributed by atoms with van der Waals surface area (Å²) in [7, 11) is 0. The summed E-state index contributed by atoms with van der Waals surface area (Å²) in [6, 6.07) is 0. The Morgan fingerprint density at radius 1 is 1.62 bits per heavy atom. The number of aliphatic hydroxyl groups excluding tert-OH is 1. The Morgan fingerprint density at radius 3 is 3.06 bits per heavy atom. The SMILES string of the molecule is CC(CO)CNC(=O)CCC1CCCNC1. The molecule has 1 heterocycles. The lowest BCUT2D eigenvalue weighted by molar-refractivity contribution is -0.121. The van der Waals surface area contributed by atoms with Crippen molar-refractivity contribution < 1.29 is 9.90 Å². The van der Waals surface area contributed by atoms with E-state index in [0.29, 0.717) is 18.9 Å². The van der Waals surface area contributed by atoms with Crippen molar-refractivity contribution in [3.05, 3.63) is 0 Å². The van der Waals surface area contributed by atoms with E-state index < -0.39 is 0 Å². The van der Waals surface area contributed by atoms with Crippen LogP contribution in [0.1, 0.15) is 32.6 Å². The molecule has 0 aromatic heterocycles. The van der Waals surface area contributed by atoms with Crippen molar-refractivity contribution in [3.63, 3.8) is 0 Å². The first kappa shape index (κ1) is 13.5. The minimum Gasteiger partial charge on any atom is -0.396 e. The maximum absolute atomic E-state index is 11.5. The van der Waals surface area contributed by atoms with Gasteiger partial charge in [-0.3, -0.25) is 4.79 Å². The van der Waals surface area contributed by atoms with E-state index >= 15 is 0 Å². The minimum absolute atomic E-state index is 0.117. The predicted molar refractivity (Wildman–Crippen MR) is 64.1 cm³/mol. The molecule has 0 aliphatic carbocycles. The van der Waals surface area contributed by atoms with Crippen LogP contribution in [0.4, 0.5) is 0 Å². The molecular formula is C12H24N2O2. The van der Waals surface area contributed by atoms with E-state index in [1.807, 2.05) is 6.92 Å². The summed E-state index contributed by atoms with van der Waals surface area (Å²) < 4.78 is 0. The van der Waals surface area contributed by atoms with Crippen molar-refractivity contribution in [2.75, 3.05) is 26.2 Å². The van der Waals surface area contributed by atoms with Crippen LogP contribution < -0.4 is 10.6 Å². The Morgan fingerprint density at radius 2 is 2.44 bits per heavy atom. The number of nitrogens with one attached hydrogen (secondary N) is 2. The van der Waals surface area contributed by atoms with Gasteiger partial charge in [-0.2, -0.15) is 0 Å². The molecule has 1 aliphatic heterocycles. The van der Waals surface area contributed by atoms with Crippen molar-refractivity contribution >= 4 is 5.91 Å². The van der Waals surface area contributed by atoms with Gasteiger partial charge in [-0.15, -0.1) is 0 Å². The van der Waals surface area contributed by atoms with Gasteiger partial charge in [0.1, 0.15) is 0 Å². The van der Waals surface area contributed by atoms with Crippen LogP contribution in [0, 0.1) is 11.8 Å². The number of hydrogen-bond donors (Lipinski definition) is 3. The highest BCUT2D eigenvalue weighted by Crippen LogP contribution is 2.15. The molecule has 0 spiro atoms. The summed E-state index contributed by atoms with van der Waals surface area (Å²) in [5, 5.41) is 15.0. The fraction of sp³-hybridized carbons (Fsp3) is 0.917. The molecule has 0 radical (unpaired) electrons. The fourth-order valence-corrected chi connectivity index (χ4v) is 1.95.